The maximum absolute atomic E-state index is 13.6. The number of rotatable bonds is 5. The highest BCUT2D eigenvalue weighted by Crippen LogP contribution is 2.34. The van der Waals surface area contributed by atoms with Crippen molar-refractivity contribution in [3.8, 4) is 29.2 Å². The molecule has 0 unspecified atom stereocenters. The Labute approximate surface area is 239 Å². The van der Waals surface area contributed by atoms with Gasteiger partial charge in [-0.3, -0.25) is 4.79 Å². The molecule has 0 saturated heterocycles. The second-order valence-corrected chi connectivity index (χ2v) is 11.1. The smallest absolute Gasteiger partial charge is 0.321 e. The SMILES string of the molecule is C[C@@H]1CN([C@H](C)CO)C(=O)c2cc(C#CC3(O)CCCC3)cnc2O[C@H]1CN(C)C(=O)Nc1ccc2c(c1)OCO2. The van der Waals surface area contributed by atoms with Crippen molar-refractivity contribution in [1.82, 2.24) is 14.8 Å². The summed E-state index contributed by atoms with van der Waals surface area (Å²) in [5.74, 6) is 6.74. The first-order valence-corrected chi connectivity index (χ1v) is 13.9. The van der Waals surface area contributed by atoms with E-state index in [2.05, 4.69) is 22.1 Å². The molecule has 2 aliphatic heterocycles. The topological polar surface area (TPSA) is 134 Å². The van der Waals surface area contributed by atoms with Crippen LogP contribution in [0, 0.1) is 17.8 Å². The fourth-order valence-corrected chi connectivity index (χ4v) is 5.21. The van der Waals surface area contributed by atoms with Crippen LogP contribution in [0.5, 0.6) is 17.4 Å². The molecule has 3 N–H and O–H groups in total. The molecule has 0 bridgehead atoms. The van der Waals surface area contributed by atoms with Crippen molar-refractivity contribution in [3.05, 3.63) is 41.6 Å². The maximum Gasteiger partial charge on any atom is 0.321 e. The fraction of sp³-hybridized carbons (Fsp3) is 0.500. The van der Waals surface area contributed by atoms with Gasteiger partial charge in [-0.25, -0.2) is 9.78 Å². The molecule has 1 fully saturated rings. The van der Waals surface area contributed by atoms with E-state index in [0.717, 1.165) is 12.8 Å². The van der Waals surface area contributed by atoms with Crippen molar-refractivity contribution in [2.24, 2.45) is 5.92 Å². The number of aliphatic hydroxyl groups excluding tert-OH is 1. The fourth-order valence-electron chi connectivity index (χ4n) is 5.21. The predicted molar refractivity (Wildman–Crippen MR) is 150 cm³/mol. The van der Waals surface area contributed by atoms with Gasteiger partial charge in [-0.1, -0.05) is 18.8 Å². The number of carbonyl (C=O) groups excluding carboxylic acids is 2. The number of pyridine rings is 1. The van der Waals surface area contributed by atoms with Gasteiger partial charge in [0.1, 0.15) is 17.3 Å². The first-order valence-electron chi connectivity index (χ1n) is 13.9. The van der Waals surface area contributed by atoms with E-state index in [-0.39, 0.29) is 49.2 Å². The van der Waals surface area contributed by atoms with Crippen LogP contribution in [-0.2, 0) is 0 Å². The summed E-state index contributed by atoms with van der Waals surface area (Å²) in [6.07, 6.45) is 4.12. The normalized spacial score (nSPS) is 21.5. The highest BCUT2D eigenvalue weighted by Gasteiger charge is 2.35. The summed E-state index contributed by atoms with van der Waals surface area (Å²) in [6.45, 7) is 4.16. The van der Waals surface area contributed by atoms with Crippen LogP contribution in [0.25, 0.3) is 0 Å². The summed E-state index contributed by atoms with van der Waals surface area (Å²) in [6, 6.07) is 6.01. The van der Waals surface area contributed by atoms with E-state index in [1.54, 1.807) is 43.1 Å². The maximum atomic E-state index is 13.6. The van der Waals surface area contributed by atoms with Gasteiger partial charge in [0.25, 0.3) is 5.91 Å². The van der Waals surface area contributed by atoms with Gasteiger partial charge in [0, 0.05) is 43.0 Å². The number of hydrogen-bond donors (Lipinski definition) is 3. The molecule has 11 heteroatoms. The van der Waals surface area contributed by atoms with Crippen molar-refractivity contribution in [1.29, 1.82) is 0 Å². The third-order valence-electron chi connectivity index (χ3n) is 7.82. The first-order chi connectivity index (χ1) is 19.7. The van der Waals surface area contributed by atoms with E-state index in [0.29, 0.717) is 42.1 Å². The Bertz CT molecular complexity index is 1360. The minimum atomic E-state index is -1.02. The summed E-state index contributed by atoms with van der Waals surface area (Å²) < 4.78 is 17.0. The van der Waals surface area contributed by atoms with Crippen molar-refractivity contribution in [3.63, 3.8) is 0 Å². The van der Waals surface area contributed by atoms with Crippen LogP contribution < -0.4 is 19.5 Å². The van der Waals surface area contributed by atoms with E-state index in [1.807, 2.05) is 6.92 Å². The third kappa shape index (κ3) is 6.34. The summed E-state index contributed by atoms with van der Waals surface area (Å²) in [5.41, 5.74) is 0.256. The molecule has 3 heterocycles. The molecular formula is C30H36N4O7. The molecule has 1 aromatic heterocycles. The number of aromatic nitrogens is 1. The highest BCUT2D eigenvalue weighted by atomic mass is 16.7. The van der Waals surface area contributed by atoms with E-state index in [4.69, 9.17) is 14.2 Å². The Kier molecular flexibility index (Phi) is 8.24. The number of ether oxygens (including phenoxy) is 3. The number of benzene rings is 1. The summed E-state index contributed by atoms with van der Waals surface area (Å²) in [7, 11) is 1.66. The summed E-state index contributed by atoms with van der Waals surface area (Å²) in [5, 5.41) is 23.4. The number of amides is 3. The van der Waals surface area contributed by atoms with Gasteiger partial charge >= 0.3 is 6.03 Å². The second-order valence-electron chi connectivity index (χ2n) is 11.1. The average molecular weight is 565 g/mol. The summed E-state index contributed by atoms with van der Waals surface area (Å²) >= 11 is 0. The average Bonchev–Trinajstić information content (AvgIpc) is 3.62. The molecule has 11 nitrogen and oxygen atoms in total. The zero-order chi connectivity index (χ0) is 29.1. The van der Waals surface area contributed by atoms with E-state index in [1.165, 1.54) is 11.1 Å². The zero-order valence-electron chi connectivity index (χ0n) is 23.6. The molecule has 41 heavy (non-hydrogen) atoms. The van der Waals surface area contributed by atoms with Gasteiger partial charge in [0.05, 0.1) is 19.2 Å². The molecule has 0 radical (unpaired) electrons. The Hall–Kier alpha value is -4.01. The molecule has 218 valence electrons. The molecule has 1 saturated carbocycles. The lowest BCUT2D eigenvalue weighted by Gasteiger charge is -2.37. The van der Waals surface area contributed by atoms with Gasteiger partial charge in [-0.15, -0.1) is 0 Å². The van der Waals surface area contributed by atoms with Crippen LogP contribution in [0.3, 0.4) is 0 Å². The molecule has 1 aromatic carbocycles. The first kappa shape index (κ1) is 28.5. The van der Waals surface area contributed by atoms with Crippen LogP contribution in [0.15, 0.2) is 30.5 Å². The van der Waals surface area contributed by atoms with Crippen molar-refractivity contribution in [2.75, 3.05) is 38.9 Å². The Balaban J connectivity index is 1.37. The zero-order valence-corrected chi connectivity index (χ0v) is 23.6. The number of nitrogens with zero attached hydrogens (tertiary/aromatic N) is 3. The minimum Gasteiger partial charge on any atom is -0.472 e. The minimum absolute atomic E-state index is 0.136. The van der Waals surface area contributed by atoms with Gasteiger partial charge in [0.2, 0.25) is 12.7 Å². The number of anilines is 1. The second kappa shape index (κ2) is 11.8. The van der Waals surface area contributed by atoms with Crippen LogP contribution in [0.4, 0.5) is 10.5 Å². The molecule has 3 aliphatic rings. The van der Waals surface area contributed by atoms with Crippen LogP contribution in [-0.4, -0.2) is 88.2 Å². The number of carbonyl (C=O) groups is 2. The van der Waals surface area contributed by atoms with Crippen LogP contribution in [0.2, 0.25) is 0 Å². The highest BCUT2D eigenvalue weighted by molar-refractivity contribution is 5.97. The number of aliphatic hydroxyl groups is 2. The molecular weight excluding hydrogens is 528 g/mol. The lowest BCUT2D eigenvalue weighted by molar-refractivity contribution is 0.0356. The predicted octanol–water partition coefficient (Wildman–Crippen LogP) is 2.85. The van der Waals surface area contributed by atoms with Crippen molar-refractivity contribution < 1.29 is 34.0 Å². The Morgan fingerprint density at radius 2 is 2.02 bits per heavy atom. The summed E-state index contributed by atoms with van der Waals surface area (Å²) in [4.78, 5) is 34.2. The third-order valence-corrected chi connectivity index (χ3v) is 7.82. The quantitative estimate of drug-likeness (QED) is 0.472. The number of nitrogens with one attached hydrogen (secondary N) is 1. The lowest BCUT2D eigenvalue weighted by Crippen LogP contribution is -2.50. The molecule has 1 aliphatic carbocycles. The van der Waals surface area contributed by atoms with Crippen molar-refractivity contribution in [2.45, 2.75) is 57.3 Å². The van der Waals surface area contributed by atoms with E-state index >= 15 is 0 Å². The number of urea groups is 1. The Morgan fingerprint density at radius 1 is 1.27 bits per heavy atom. The Morgan fingerprint density at radius 3 is 2.78 bits per heavy atom. The standard InChI is InChI=1S/C30H36N4O7/c1-19-15-34(20(2)17-35)28(36)23-12-21(8-11-30(38)9-4-5-10-30)14-31-27(23)41-26(19)16-33(3)29(37)32-22-6-7-24-25(13-22)40-18-39-24/h6-7,12-14,19-20,26,35,38H,4-5,9-10,15-18H2,1-3H3,(H,32,37)/t19-,20-,26+/m1/s1. The number of fused-ring (bicyclic) bond motifs is 2. The van der Waals surface area contributed by atoms with Gasteiger partial charge in [0.15, 0.2) is 11.5 Å². The van der Waals surface area contributed by atoms with Crippen molar-refractivity contribution >= 4 is 17.6 Å². The lowest BCUT2D eigenvalue weighted by atomic mass is 9.99. The van der Waals surface area contributed by atoms with Gasteiger partial charge in [-0.05, 0) is 50.8 Å². The molecule has 5 rings (SSSR count). The molecule has 0 spiro atoms. The number of likely N-dealkylation sites (N-methyl/N-ethyl adjacent to an activating group) is 1. The van der Waals surface area contributed by atoms with Crippen LogP contribution in [0.1, 0.15) is 55.5 Å². The van der Waals surface area contributed by atoms with Gasteiger partial charge < -0.3 is 39.5 Å². The molecule has 3 atom stereocenters. The largest absolute Gasteiger partial charge is 0.472 e. The van der Waals surface area contributed by atoms with E-state index in [9.17, 15) is 19.8 Å². The number of hydrogen-bond acceptors (Lipinski definition) is 8. The van der Waals surface area contributed by atoms with Crippen LogP contribution >= 0.6 is 0 Å². The van der Waals surface area contributed by atoms with Gasteiger partial charge in [-0.2, -0.15) is 0 Å². The monoisotopic (exact) mass is 564 g/mol. The van der Waals surface area contributed by atoms with E-state index < -0.39 is 17.7 Å². The molecule has 3 amide bonds. The molecule has 2 aromatic rings.